The maximum absolute atomic E-state index is 6.37. The van der Waals surface area contributed by atoms with E-state index >= 15 is 0 Å². The van der Waals surface area contributed by atoms with Gasteiger partial charge in [-0.3, -0.25) is 0 Å². The van der Waals surface area contributed by atoms with Gasteiger partial charge < -0.3 is 4.57 Å². The van der Waals surface area contributed by atoms with Crippen molar-refractivity contribution in [3.05, 3.63) is 90.0 Å². The van der Waals surface area contributed by atoms with Crippen molar-refractivity contribution in [1.29, 1.82) is 0 Å². The van der Waals surface area contributed by atoms with Gasteiger partial charge in [-0.25, -0.2) is 0 Å². The summed E-state index contributed by atoms with van der Waals surface area (Å²) in [5.41, 5.74) is 8.59. The molecule has 0 aliphatic carbocycles. The van der Waals surface area contributed by atoms with Crippen LogP contribution >= 0.6 is 11.6 Å². The summed E-state index contributed by atoms with van der Waals surface area (Å²) in [5, 5.41) is 3.34. The van der Waals surface area contributed by atoms with E-state index in [1.54, 1.807) is 0 Å². The summed E-state index contributed by atoms with van der Waals surface area (Å²) < 4.78 is 2.41. The predicted octanol–water partition coefficient (Wildman–Crippen LogP) is 7.08. The fraction of sp³-hybridized carbons (Fsp3) is 0. The minimum Gasteiger partial charge on any atom is -0.308 e. The lowest BCUT2D eigenvalue weighted by atomic mass is 9.94. The van der Waals surface area contributed by atoms with Crippen LogP contribution in [0.1, 0.15) is 0 Å². The average molecular weight is 352 g/mol. The number of halogens is 1. The van der Waals surface area contributed by atoms with Gasteiger partial charge in [0, 0.05) is 26.9 Å². The Morgan fingerprint density at radius 3 is 2.31 bits per heavy atom. The number of fused-ring (bicyclic) bond motifs is 8. The van der Waals surface area contributed by atoms with E-state index in [0.717, 1.165) is 5.02 Å². The Balaban J connectivity index is 1.96. The molecule has 6 rings (SSSR count). The first-order chi connectivity index (χ1) is 12.8. The highest BCUT2D eigenvalue weighted by Crippen LogP contribution is 2.46. The molecule has 1 nitrogen and oxygen atoms in total. The molecule has 2 heteroatoms. The van der Waals surface area contributed by atoms with Crippen LogP contribution in [0.5, 0.6) is 0 Å². The van der Waals surface area contributed by atoms with Crippen LogP contribution in [0, 0.1) is 0 Å². The van der Waals surface area contributed by atoms with E-state index in [4.69, 9.17) is 11.6 Å². The molecular formula is C24H14ClN. The molecule has 5 aromatic rings. The van der Waals surface area contributed by atoms with Crippen molar-refractivity contribution >= 4 is 33.4 Å². The Hall–Kier alpha value is -3.03. The molecule has 1 aliphatic rings. The highest BCUT2D eigenvalue weighted by molar-refractivity contribution is 6.31. The Bertz CT molecular complexity index is 1340. The molecule has 2 heterocycles. The smallest absolute Gasteiger partial charge is 0.0619 e. The molecule has 0 spiro atoms. The van der Waals surface area contributed by atoms with E-state index in [1.807, 2.05) is 6.07 Å². The van der Waals surface area contributed by atoms with Crippen molar-refractivity contribution in [2.24, 2.45) is 0 Å². The standard InChI is InChI=1S/C24H14ClN/c25-15-12-13-16-19-8-5-9-20-17-6-1-3-10-22(17)26(24(19)20)23-11-4-2-7-18(23)21(16)14-15/h1-14H. The topological polar surface area (TPSA) is 4.93 Å². The Kier molecular flexibility index (Phi) is 2.72. The lowest BCUT2D eigenvalue weighted by molar-refractivity contribution is 1.19. The van der Waals surface area contributed by atoms with E-state index < -0.39 is 0 Å². The van der Waals surface area contributed by atoms with E-state index in [-0.39, 0.29) is 0 Å². The van der Waals surface area contributed by atoms with Gasteiger partial charge in [0.15, 0.2) is 0 Å². The Morgan fingerprint density at radius 1 is 0.577 bits per heavy atom. The Labute approximate surface area is 156 Å². The molecule has 0 amide bonds. The fourth-order valence-corrected chi connectivity index (χ4v) is 4.53. The lowest BCUT2D eigenvalue weighted by Gasteiger charge is -2.12. The van der Waals surface area contributed by atoms with Gasteiger partial charge in [0.05, 0.1) is 16.7 Å². The average Bonchev–Trinajstić information content (AvgIpc) is 2.96. The van der Waals surface area contributed by atoms with Crippen molar-refractivity contribution in [2.45, 2.75) is 0 Å². The van der Waals surface area contributed by atoms with Crippen molar-refractivity contribution < 1.29 is 0 Å². The molecule has 0 radical (unpaired) electrons. The molecule has 1 aliphatic heterocycles. The second-order valence-corrected chi connectivity index (χ2v) is 7.20. The number of nitrogens with zero attached hydrogens (tertiary/aromatic N) is 1. The summed E-state index contributed by atoms with van der Waals surface area (Å²) in [5.74, 6) is 0. The molecule has 0 atom stereocenters. The molecule has 4 aromatic carbocycles. The third-order valence-corrected chi connectivity index (χ3v) is 5.64. The first-order valence-corrected chi connectivity index (χ1v) is 9.12. The number of hydrogen-bond acceptors (Lipinski definition) is 0. The third kappa shape index (κ3) is 1.71. The second kappa shape index (κ2) is 5.00. The molecule has 0 fully saturated rings. The van der Waals surface area contributed by atoms with E-state index in [0.29, 0.717) is 0 Å². The molecule has 26 heavy (non-hydrogen) atoms. The zero-order chi connectivity index (χ0) is 17.3. The van der Waals surface area contributed by atoms with Crippen molar-refractivity contribution in [2.75, 3.05) is 0 Å². The van der Waals surface area contributed by atoms with Crippen LogP contribution in [-0.4, -0.2) is 4.57 Å². The largest absolute Gasteiger partial charge is 0.308 e. The van der Waals surface area contributed by atoms with Crippen LogP contribution in [0.2, 0.25) is 5.02 Å². The first kappa shape index (κ1) is 14.2. The summed E-state index contributed by atoms with van der Waals surface area (Å²) in [4.78, 5) is 0. The fourth-order valence-electron chi connectivity index (χ4n) is 4.36. The van der Waals surface area contributed by atoms with E-state index in [1.165, 1.54) is 49.7 Å². The molecule has 0 saturated heterocycles. The number of rotatable bonds is 0. The first-order valence-electron chi connectivity index (χ1n) is 8.75. The molecule has 0 N–H and O–H groups in total. The van der Waals surface area contributed by atoms with Crippen molar-refractivity contribution in [3.8, 4) is 27.9 Å². The number of benzene rings is 4. The number of para-hydroxylation sites is 3. The second-order valence-electron chi connectivity index (χ2n) is 6.76. The minimum atomic E-state index is 0.766. The molecular weight excluding hydrogens is 338 g/mol. The van der Waals surface area contributed by atoms with E-state index in [2.05, 4.69) is 83.4 Å². The van der Waals surface area contributed by atoms with Crippen LogP contribution < -0.4 is 0 Å². The zero-order valence-electron chi connectivity index (χ0n) is 13.9. The van der Waals surface area contributed by atoms with Crippen LogP contribution in [0.3, 0.4) is 0 Å². The molecule has 0 unspecified atom stereocenters. The highest BCUT2D eigenvalue weighted by atomic mass is 35.5. The maximum Gasteiger partial charge on any atom is 0.0619 e. The predicted molar refractivity (Wildman–Crippen MR) is 110 cm³/mol. The normalized spacial score (nSPS) is 12.0. The zero-order valence-corrected chi connectivity index (χ0v) is 14.7. The molecule has 1 aromatic heterocycles. The summed E-state index contributed by atoms with van der Waals surface area (Å²) in [7, 11) is 0. The quantitative estimate of drug-likeness (QED) is 0.275. The van der Waals surface area contributed by atoms with Gasteiger partial charge in [0.25, 0.3) is 0 Å². The number of aromatic nitrogens is 1. The minimum absolute atomic E-state index is 0.766. The summed E-state index contributed by atoms with van der Waals surface area (Å²) in [6.45, 7) is 0. The van der Waals surface area contributed by atoms with Crippen molar-refractivity contribution in [3.63, 3.8) is 0 Å². The Morgan fingerprint density at radius 2 is 1.35 bits per heavy atom. The maximum atomic E-state index is 6.37. The summed E-state index contributed by atoms with van der Waals surface area (Å²) in [6.07, 6.45) is 0. The van der Waals surface area contributed by atoms with Gasteiger partial charge in [-0.05, 0) is 35.4 Å². The van der Waals surface area contributed by atoms with Gasteiger partial charge in [0.2, 0.25) is 0 Å². The highest BCUT2D eigenvalue weighted by Gasteiger charge is 2.23. The van der Waals surface area contributed by atoms with Gasteiger partial charge >= 0.3 is 0 Å². The van der Waals surface area contributed by atoms with Gasteiger partial charge in [0.1, 0.15) is 0 Å². The molecule has 0 saturated carbocycles. The van der Waals surface area contributed by atoms with Crippen LogP contribution in [0.15, 0.2) is 84.9 Å². The van der Waals surface area contributed by atoms with Crippen LogP contribution in [0.25, 0.3) is 49.7 Å². The monoisotopic (exact) mass is 351 g/mol. The molecule has 122 valence electrons. The van der Waals surface area contributed by atoms with E-state index in [9.17, 15) is 0 Å². The summed E-state index contributed by atoms with van der Waals surface area (Å²) >= 11 is 6.37. The van der Waals surface area contributed by atoms with Gasteiger partial charge in [-0.15, -0.1) is 0 Å². The summed E-state index contributed by atoms with van der Waals surface area (Å²) in [6, 6.07) is 30.1. The SMILES string of the molecule is Clc1ccc2c(c1)-c1ccccc1-n1c3ccccc3c3cccc-2c31. The van der Waals surface area contributed by atoms with Crippen molar-refractivity contribution in [1.82, 2.24) is 4.57 Å². The number of hydrogen-bond donors (Lipinski definition) is 0. The van der Waals surface area contributed by atoms with Crippen LogP contribution in [-0.2, 0) is 0 Å². The third-order valence-electron chi connectivity index (χ3n) is 5.40. The van der Waals surface area contributed by atoms with Gasteiger partial charge in [-0.2, -0.15) is 0 Å². The van der Waals surface area contributed by atoms with Gasteiger partial charge in [-0.1, -0.05) is 72.3 Å². The lowest BCUT2D eigenvalue weighted by Crippen LogP contribution is -1.95. The van der Waals surface area contributed by atoms with Crippen LogP contribution in [0.4, 0.5) is 0 Å². The molecule has 0 bridgehead atoms.